The van der Waals surface area contributed by atoms with Gasteiger partial charge in [0.15, 0.2) is 0 Å². The Balaban J connectivity index is 1.96. The molecule has 2 aromatic heterocycles. The number of hydrogen-bond donors (Lipinski definition) is 1. The second-order valence-electron chi connectivity index (χ2n) is 6.81. The van der Waals surface area contributed by atoms with Gasteiger partial charge < -0.3 is 5.32 Å². The molecule has 8 heteroatoms. The number of thioether (sulfide) groups is 1. The van der Waals surface area contributed by atoms with Gasteiger partial charge in [-0.05, 0) is 43.0 Å². The Kier molecular flexibility index (Phi) is 5.94. The molecule has 0 saturated carbocycles. The van der Waals surface area contributed by atoms with E-state index >= 15 is 0 Å². The fourth-order valence-corrected chi connectivity index (χ4v) is 4.06. The van der Waals surface area contributed by atoms with Gasteiger partial charge in [0.1, 0.15) is 22.2 Å². The molecule has 0 aliphatic heterocycles. The van der Waals surface area contributed by atoms with Gasteiger partial charge in [-0.1, -0.05) is 41.9 Å². The molecule has 0 atom stereocenters. The summed E-state index contributed by atoms with van der Waals surface area (Å²) in [5.41, 5.74) is 2.59. The second kappa shape index (κ2) is 8.80. The maximum absolute atomic E-state index is 13.6. The van der Waals surface area contributed by atoms with E-state index in [0.29, 0.717) is 50.4 Å². The van der Waals surface area contributed by atoms with E-state index in [1.807, 2.05) is 60.9 Å². The number of halogens is 1. The number of fused-ring (bicyclic) bond motifs is 1. The van der Waals surface area contributed by atoms with Gasteiger partial charge in [0.05, 0.1) is 16.8 Å². The van der Waals surface area contributed by atoms with Crippen molar-refractivity contribution in [1.82, 2.24) is 14.5 Å². The van der Waals surface area contributed by atoms with Gasteiger partial charge in [-0.15, -0.1) is 11.8 Å². The Morgan fingerprint density at radius 2 is 1.84 bits per heavy atom. The van der Waals surface area contributed by atoms with Gasteiger partial charge in [0.2, 0.25) is 5.95 Å². The van der Waals surface area contributed by atoms with Crippen LogP contribution in [0.15, 0.2) is 64.4 Å². The van der Waals surface area contributed by atoms with Gasteiger partial charge in [-0.25, -0.2) is 14.5 Å². The molecule has 31 heavy (non-hydrogen) atoms. The smallest absolute Gasteiger partial charge is 0.269 e. The summed E-state index contributed by atoms with van der Waals surface area (Å²) >= 11 is 7.34. The van der Waals surface area contributed by atoms with Crippen molar-refractivity contribution in [3.05, 3.63) is 86.8 Å². The van der Waals surface area contributed by atoms with Crippen LogP contribution in [0.4, 0.5) is 5.95 Å². The standard InChI is InChI=1S/C23H18ClN5OS/c1-14-19-20(18(12-25)21(27-14)31-2)28-23(26-13-15-8-10-16(24)11-9-15)29(22(19)30)17-6-4-3-5-7-17/h3-11H,13H2,1-2H3,(H,26,28). The van der Waals surface area contributed by atoms with E-state index in [-0.39, 0.29) is 5.56 Å². The SMILES string of the molecule is CSc1nc(C)c2c(=O)n(-c3ccccc3)c(NCc3ccc(Cl)cc3)nc2c1C#N. The molecule has 0 saturated heterocycles. The first kappa shape index (κ1) is 20.9. The minimum absolute atomic E-state index is 0.274. The van der Waals surface area contributed by atoms with Crippen molar-refractivity contribution in [2.45, 2.75) is 18.5 Å². The third-order valence-corrected chi connectivity index (χ3v) is 5.78. The average Bonchev–Trinajstić information content (AvgIpc) is 2.78. The Labute approximate surface area is 188 Å². The minimum Gasteiger partial charge on any atom is -0.351 e. The highest BCUT2D eigenvalue weighted by Gasteiger charge is 2.20. The lowest BCUT2D eigenvalue weighted by atomic mass is 10.1. The molecule has 0 aliphatic carbocycles. The van der Waals surface area contributed by atoms with E-state index in [2.05, 4.69) is 16.4 Å². The predicted molar refractivity (Wildman–Crippen MR) is 125 cm³/mol. The van der Waals surface area contributed by atoms with E-state index < -0.39 is 0 Å². The van der Waals surface area contributed by atoms with Crippen LogP contribution in [0.25, 0.3) is 16.6 Å². The van der Waals surface area contributed by atoms with Crippen molar-refractivity contribution in [2.24, 2.45) is 0 Å². The topological polar surface area (TPSA) is 83.6 Å². The zero-order valence-electron chi connectivity index (χ0n) is 16.9. The number of nitrogens with zero attached hydrogens (tertiary/aromatic N) is 4. The summed E-state index contributed by atoms with van der Waals surface area (Å²) in [5.74, 6) is 0.354. The second-order valence-corrected chi connectivity index (χ2v) is 8.04. The molecule has 0 fully saturated rings. The molecule has 4 aromatic rings. The Morgan fingerprint density at radius 3 is 2.48 bits per heavy atom. The molecule has 0 unspecified atom stereocenters. The highest BCUT2D eigenvalue weighted by molar-refractivity contribution is 7.98. The van der Waals surface area contributed by atoms with Crippen LogP contribution in [0.2, 0.25) is 5.02 Å². The number of anilines is 1. The minimum atomic E-state index is -0.274. The van der Waals surface area contributed by atoms with E-state index in [1.54, 1.807) is 6.92 Å². The van der Waals surface area contributed by atoms with Gasteiger partial charge in [-0.3, -0.25) is 4.79 Å². The third-order valence-electron chi connectivity index (χ3n) is 4.85. The zero-order valence-corrected chi connectivity index (χ0v) is 18.5. The Bertz CT molecular complexity index is 1360. The highest BCUT2D eigenvalue weighted by Crippen LogP contribution is 2.27. The van der Waals surface area contributed by atoms with Gasteiger partial charge >= 0.3 is 0 Å². The normalized spacial score (nSPS) is 10.8. The van der Waals surface area contributed by atoms with Crippen molar-refractivity contribution in [1.29, 1.82) is 5.26 Å². The molecule has 6 nitrogen and oxygen atoms in total. The number of pyridine rings is 1. The Hall–Kier alpha value is -3.34. The lowest BCUT2D eigenvalue weighted by Crippen LogP contribution is -2.25. The number of rotatable bonds is 5. The maximum atomic E-state index is 13.6. The zero-order chi connectivity index (χ0) is 22.0. The van der Waals surface area contributed by atoms with E-state index in [0.717, 1.165) is 5.56 Å². The molecule has 0 radical (unpaired) electrons. The van der Waals surface area contributed by atoms with Crippen molar-refractivity contribution in [2.75, 3.05) is 11.6 Å². The van der Waals surface area contributed by atoms with Crippen LogP contribution in [0.5, 0.6) is 0 Å². The molecule has 154 valence electrons. The quantitative estimate of drug-likeness (QED) is 0.436. The molecule has 0 bridgehead atoms. The van der Waals surface area contributed by atoms with Crippen LogP contribution >= 0.6 is 23.4 Å². The first-order valence-electron chi connectivity index (χ1n) is 9.48. The summed E-state index contributed by atoms with van der Waals surface area (Å²) in [6, 6.07) is 18.9. The van der Waals surface area contributed by atoms with Gasteiger partial charge in [0, 0.05) is 11.6 Å². The summed E-state index contributed by atoms with van der Waals surface area (Å²) in [5, 5.41) is 14.6. The lowest BCUT2D eigenvalue weighted by Gasteiger charge is -2.17. The van der Waals surface area contributed by atoms with Crippen molar-refractivity contribution < 1.29 is 0 Å². The number of hydrogen-bond acceptors (Lipinski definition) is 6. The summed E-state index contributed by atoms with van der Waals surface area (Å²) < 4.78 is 1.52. The molecule has 2 aromatic carbocycles. The molecular weight excluding hydrogens is 430 g/mol. The number of benzene rings is 2. The molecule has 2 heterocycles. The fourth-order valence-electron chi connectivity index (χ4n) is 3.36. The van der Waals surface area contributed by atoms with Crippen LogP contribution in [-0.4, -0.2) is 20.8 Å². The lowest BCUT2D eigenvalue weighted by molar-refractivity contribution is 0.928. The highest BCUT2D eigenvalue weighted by atomic mass is 35.5. The number of nitriles is 1. The average molecular weight is 448 g/mol. The van der Waals surface area contributed by atoms with Crippen LogP contribution in [-0.2, 0) is 6.54 Å². The molecule has 0 amide bonds. The molecule has 0 aliphatic rings. The molecule has 0 spiro atoms. The van der Waals surface area contributed by atoms with Crippen LogP contribution < -0.4 is 10.9 Å². The van der Waals surface area contributed by atoms with E-state index in [1.165, 1.54) is 16.3 Å². The number of aromatic nitrogens is 3. The fraction of sp³-hybridized carbons (Fsp3) is 0.130. The van der Waals surface area contributed by atoms with Crippen LogP contribution in [0.1, 0.15) is 16.8 Å². The predicted octanol–water partition coefficient (Wildman–Crippen LogP) is 4.95. The number of para-hydroxylation sites is 1. The number of nitrogens with one attached hydrogen (secondary N) is 1. The first-order valence-corrected chi connectivity index (χ1v) is 11.1. The monoisotopic (exact) mass is 447 g/mol. The first-order chi connectivity index (χ1) is 15.0. The van der Waals surface area contributed by atoms with Crippen LogP contribution in [0, 0.1) is 18.3 Å². The van der Waals surface area contributed by atoms with Crippen molar-refractivity contribution in [3.8, 4) is 11.8 Å². The summed E-state index contributed by atoms with van der Waals surface area (Å²) in [6.07, 6.45) is 1.85. The molecule has 1 N–H and O–H groups in total. The Morgan fingerprint density at radius 1 is 1.13 bits per heavy atom. The van der Waals surface area contributed by atoms with Gasteiger partial charge in [-0.2, -0.15) is 5.26 Å². The van der Waals surface area contributed by atoms with Crippen molar-refractivity contribution >= 4 is 40.2 Å². The van der Waals surface area contributed by atoms with E-state index in [9.17, 15) is 10.1 Å². The molecule has 4 rings (SSSR count). The maximum Gasteiger partial charge on any atom is 0.269 e. The largest absolute Gasteiger partial charge is 0.351 e. The summed E-state index contributed by atoms with van der Waals surface area (Å²) in [6.45, 7) is 2.20. The van der Waals surface area contributed by atoms with Crippen molar-refractivity contribution in [3.63, 3.8) is 0 Å². The van der Waals surface area contributed by atoms with Crippen LogP contribution in [0.3, 0.4) is 0 Å². The summed E-state index contributed by atoms with van der Waals surface area (Å²) in [4.78, 5) is 22.8. The summed E-state index contributed by atoms with van der Waals surface area (Å²) in [7, 11) is 0. The number of aryl methyl sites for hydroxylation is 1. The van der Waals surface area contributed by atoms with Gasteiger partial charge in [0.25, 0.3) is 5.56 Å². The third kappa shape index (κ3) is 4.00. The molecular formula is C23H18ClN5OS. The van der Waals surface area contributed by atoms with E-state index in [4.69, 9.17) is 16.6 Å².